The van der Waals surface area contributed by atoms with Crippen molar-refractivity contribution in [2.75, 3.05) is 0 Å². The lowest BCUT2D eigenvalue weighted by Gasteiger charge is -2.06. The molecule has 6 nitrogen and oxygen atoms in total. The van der Waals surface area contributed by atoms with Gasteiger partial charge in [-0.25, -0.2) is 14.4 Å². The molecular weight excluding hydrogens is 254 g/mol. The van der Waals surface area contributed by atoms with Gasteiger partial charge in [-0.05, 0) is 18.4 Å². The van der Waals surface area contributed by atoms with Crippen LogP contribution in [0.5, 0.6) is 0 Å². The fourth-order valence-corrected chi connectivity index (χ4v) is 2.67. The first-order valence-electron chi connectivity index (χ1n) is 7.01. The van der Waals surface area contributed by atoms with Gasteiger partial charge in [0, 0.05) is 23.8 Å². The van der Waals surface area contributed by atoms with Gasteiger partial charge < -0.3 is 0 Å². The van der Waals surface area contributed by atoms with Crippen LogP contribution < -0.4 is 15.5 Å². The quantitative estimate of drug-likeness (QED) is 0.604. The third kappa shape index (κ3) is 1.75. The average Bonchev–Trinajstić information content (AvgIpc) is 2.99. The molecule has 2 aromatic rings. The van der Waals surface area contributed by atoms with E-state index in [0.29, 0.717) is 17.0 Å². The minimum Gasteiger partial charge on any atom is -0.248 e. The molecule has 2 aromatic heterocycles. The van der Waals surface area contributed by atoms with Gasteiger partial charge in [-0.15, -0.1) is 4.40 Å². The molecule has 0 bridgehead atoms. The van der Waals surface area contributed by atoms with Crippen LogP contribution in [0.1, 0.15) is 44.6 Å². The standard InChI is InChI=1S/C14H18N5O/c1-4-5-6-7-18-12-9(2)8-15-11(12)13(20)19-10(3)16-17-14(18)19/h8H,4-7H2,1-3H3/q+1. The second-order valence-corrected chi connectivity index (χ2v) is 5.18. The number of fused-ring (bicyclic) bond motifs is 2. The van der Waals surface area contributed by atoms with Gasteiger partial charge in [-0.3, -0.25) is 0 Å². The number of unbranched alkanes of at least 4 members (excludes halogenated alkanes) is 2. The maximum atomic E-state index is 12.5. The lowest BCUT2D eigenvalue weighted by atomic mass is 10.2. The van der Waals surface area contributed by atoms with Gasteiger partial charge in [0.1, 0.15) is 5.69 Å². The molecule has 0 spiro atoms. The predicted molar refractivity (Wildman–Crippen MR) is 74.1 cm³/mol. The average molecular weight is 272 g/mol. The Labute approximate surface area is 116 Å². The second-order valence-electron chi connectivity index (χ2n) is 5.18. The van der Waals surface area contributed by atoms with Gasteiger partial charge in [-0.1, -0.05) is 19.8 Å². The van der Waals surface area contributed by atoms with E-state index in [0.717, 1.165) is 37.1 Å². The molecule has 0 fully saturated rings. The zero-order valence-corrected chi connectivity index (χ0v) is 12.1. The van der Waals surface area contributed by atoms with Crippen molar-refractivity contribution in [3.8, 4) is 0 Å². The number of aryl methyl sites for hydroxylation is 2. The Kier molecular flexibility index (Phi) is 3.08. The van der Waals surface area contributed by atoms with Crippen LogP contribution in [0.2, 0.25) is 0 Å². The van der Waals surface area contributed by atoms with E-state index in [1.54, 1.807) is 17.5 Å². The zero-order chi connectivity index (χ0) is 14.3. The Bertz CT molecular complexity index is 818. The van der Waals surface area contributed by atoms with Crippen LogP contribution in [-0.4, -0.2) is 14.6 Å². The first-order chi connectivity index (χ1) is 9.65. The van der Waals surface area contributed by atoms with Crippen molar-refractivity contribution in [1.29, 1.82) is 0 Å². The summed E-state index contributed by atoms with van der Waals surface area (Å²) >= 11 is 0. The largest absolute Gasteiger partial charge is 0.431 e. The van der Waals surface area contributed by atoms with Crippen LogP contribution in [0.25, 0.3) is 11.4 Å². The molecule has 0 saturated carbocycles. The summed E-state index contributed by atoms with van der Waals surface area (Å²) in [5.74, 6) is 1.23. The van der Waals surface area contributed by atoms with Crippen LogP contribution in [0.3, 0.4) is 0 Å². The van der Waals surface area contributed by atoms with Crippen molar-refractivity contribution in [1.82, 2.24) is 14.6 Å². The summed E-state index contributed by atoms with van der Waals surface area (Å²) < 4.78 is 3.63. The van der Waals surface area contributed by atoms with Crippen molar-refractivity contribution in [2.24, 2.45) is 4.99 Å². The first kappa shape index (κ1) is 12.9. The number of nitrogens with zero attached hydrogens (tertiary/aromatic N) is 5. The van der Waals surface area contributed by atoms with Gasteiger partial charge in [-0.2, -0.15) is 0 Å². The fraction of sp³-hybridized carbons (Fsp3) is 0.500. The van der Waals surface area contributed by atoms with Gasteiger partial charge >= 0.3 is 11.3 Å². The highest BCUT2D eigenvalue weighted by Gasteiger charge is 2.27. The molecule has 6 heteroatoms. The zero-order valence-electron chi connectivity index (χ0n) is 12.1. The van der Waals surface area contributed by atoms with E-state index in [1.165, 1.54) is 0 Å². The number of rotatable bonds is 4. The molecule has 1 aliphatic rings. The van der Waals surface area contributed by atoms with E-state index in [-0.39, 0.29) is 5.56 Å². The Hall–Kier alpha value is -2.11. The SMILES string of the molecule is CCCCC[n+]1c2c(c(=O)n3c(C)nnc31)=NC=C2C. The highest BCUT2D eigenvalue weighted by Crippen LogP contribution is 2.10. The van der Waals surface area contributed by atoms with Crippen molar-refractivity contribution in [3.63, 3.8) is 0 Å². The van der Waals surface area contributed by atoms with Crippen LogP contribution in [0.4, 0.5) is 0 Å². The Morgan fingerprint density at radius 2 is 2.05 bits per heavy atom. The van der Waals surface area contributed by atoms with E-state index < -0.39 is 0 Å². The number of hydrogen-bond acceptors (Lipinski definition) is 4. The van der Waals surface area contributed by atoms with Crippen LogP contribution in [0.15, 0.2) is 16.0 Å². The summed E-state index contributed by atoms with van der Waals surface area (Å²) in [6, 6.07) is 0. The molecule has 104 valence electrons. The molecule has 0 N–H and O–H groups in total. The molecule has 0 aliphatic carbocycles. The molecule has 1 aliphatic heterocycles. The van der Waals surface area contributed by atoms with Gasteiger partial charge in [0.2, 0.25) is 5.82 Å². The normalized spacial score (nSPS) is 13.4. The topological polar surface area (TPSA) is 63.5 Å². The molecule has 0 saturated heterocycles. The smallest absolute Gasteiger partial charge is 0.248 e. The molecule has 0 radical (unpaired) electrons. The lowest BCUT2D eigenvalue weighted by molar-refractivity contribution is -0.680. The summed E-state index contributed by atoms with van der Waals surface area (Å²) in [6.07, 6.45) is 5.12. The third-order valence-corrected chi connectivity index (χ3v) is 3.70. The minimum atomic E-state index is -0.127. The van der Waals surface area contributed by atoms with E-state index in [9.17, 15) is 4.79 Å². The van der Waals surface area contributed by atoms with Crippen LogP contribution in [-0.2, 0) is 6.54 Å². The molecule has 20 heavy (non-hydrogen) atoms. The maximum Gasteiger partial charge on any atom is 0.431 e. The van der Waals surface area contributed by atoms with E-state index >= 15 is 0 Å². The molecule has 0 aromatic carbocycles. The van der Waals surface area contributed by atoms with Crippen molar-refractivity contribution >= 4 is 11.4 Å². The Morgan fingerprint density at radius 1 is 1.25 bits per heavy atom. The predicted octanol–water partition coefficient (Wildman–Crippen LogP) is 0.589. The highest BCUT2D eigenvalue weighted by atomic mass is 16.1. The summed E-state index contributed by atoms with van der Waals surface area (Å²) in [6.45, 7) is 6.77. The molecule has 0 amide bonds. The second kappa shape index (κ2) is 4.77. The summed E-state index contributed by atoms with van der Waals surface area (Å²) in [5.41, 5.74) is 1.78. The molecule has 3 heterocycles. The lowest BCUT2D eigenvalue weighted by Crippen LogP contribution is -2.51. The Morgan fingerprint density at radius 3 is 2.80 bits per heavy atom. The van der Waals surface area contributed by atoms with Crippen molar-refractivity contribution in [2.45, 2.75) is 46.6 Å². The van der Waals surface area contributed by atoms with Gasteiger partial charge in [0.25, 0.3) is 0 Å². The summed E-state index contributed by atoms with van der Waals surface area (Å²) in [4.78, 5) is 16.7. The minimum absolute atomic E-state index is 0.127. The van der Waals surface area contributed by atoms with E-state index in [1.807, 2.05) is 6.92 Å². The maximum absolute atomic E-state index is 12.5. The fourth-order valence-electron chi connectivity index (χ4n) is 2.67. The van der Waals surface area contributed by atoms with Crippen molar-refractivity contribution < 1.29 is 4.57 Å². The molecule has 0 atom stereocenters. The summed E-state index contributed by atoms with van der Waals surface area (Å²) in [5, 5.41) is 8.73. The van der Waals surface area contributed by atoms with E-state index in [4.69, 9.17) is 0 Å². The first-order valence-corrected chi connectivity index (χ1v) is 7.01. The van der Waals surface area contributed by atoms with Gasteiger partial charge in [0.05, 0.1) is 6.54 Å². The van der Waals surface area contributed by atoms with Crippen LogP contribution >= 0.6 is 0 Å². The molecule has 0 unspecified atom stereocenters. The monoisotopic (exact) mass is 272 g/mol. The highest BCUT2D eigenvalue weighted by molar-refractivity contribution is 5.60. The number of aromatic nitrogens is 4. The van der Waals surface area contributed by atoms with E-state index in [2.05, 4.69) is 26.7 Å². The van der Waals surface area contributed by atoms with Crippen molar-refractivity contribution in [3.05, 3.63) is 33.4 Å². The third-order valence-electron chi connectivity index (χ3n) is 3.70. The molecule has 3 rings (SSSR count). The summed E-state index contributed by atoms with van der Waals surface area (Å²) in [7, 11) is 0. The van der Waals surface area contributed by atoms with Gasteiger partial charge in [0.15, 0.2) is 5.36 Å². The number of allylic oxidation sites excluding steroid dienone is 1. The number of hydrogen-bond donors (Lipinski definition) is 0. The Balaban J connectivity index is 2.29. The molecular formula is C14H18N5O+. The van der Waals surface area contributed by atoms with Crippen LogP contribution in [0, 0.1) is 6.92 Å².